The maximum atomic E-state index is 12.3. The van der Waals surface area contributed by atoms with Crippen LogP contribution in [0.15, 0.2) is 27.4 Å². The molecule has 7 nitrogen and oxygen atoms in total. The number of hydrogen-bond acceptors (Lipinski definition) is 6. The first-order valence-corrected chi connectivity index (χ1v) is 10.6. The third-order valence-electron chi connectivity index (χ3n) is 4.85. The second-order valence-corrected chi connectivity index (χ2v) is 7.78. The van der Waals surface area contributed by atoms with Crippen molar-refractivity contribution in [2.45, 2.75) is 44.8 Å². The Labute approximate surface area is 166 Å². The zero-order valence-corrected chi connectivity index (χ0v) is 16.6. The molecule has 1 aliphatic rings. The van der Waals surface area contributed by atoms with E-state index in [4.69, 9.17) is 9.15 Å². The van der Waals surface area contributed by atoms with Crippen molar-refractivity contribution in [2.75, 3.05) is 12.0 Å². The highest BCUT2D eigenvalue weighted by atomic mass is 32.2. The highest BCUT2D eigenvalue weighted by Crippen LogP contribution is 2.29. The molecule has 0 saturated heterocycles. The summed E-state index contributed by atoms with van der Waals surface area (Å²) in [4.78, 5) is 35.7. The summed E-state index contributed by atoms with van der Waals surface area (Å²) in [6.45, 7) is 1.55. The minimum atomic E-state index is -1.07. The van der Waals surface area contributed by atoms with Crippen LogP contribution < -0.4 is 15.7 Å². The van der Waals surface area contributed by atoms with Crippen molar-refractivity contribution < 1.29 is 23.8 Å². The number of benzene rings is 1. The summed E-state index contributed by atoms with van der Waals surface area (Å²) >= 11 is 1.51. The summed E-state index contributed by atoms with van der Waals surface area (Å²) in [6.07, 6.45) is 3.85. The third kappa shape index (κ3) is 4.32. The highest BCUT2D eigenvalue weighted by Gasteiger charge is 2.24. The Morgan fingerprint density at radius 2 is 2.07 bits per heavy atom. The van der Waals surface area contributed by atoms with E-state index in [1.165, 1.54) is 11.8 Å². The molecule has 2 aromatic rings. The lowest BCUT2D eigenvalue weighted by Crippen LogP contribution is -2.46. The normalized spacial score (nSPS) is 15.1. The number of thioether (sulfide) groups is 1. The molecule has 8 heteroatoms. The largest absolute Gasteiger partial charge is 0.481 e. The van der Waals surface area contributed by atoms with Crippen LogP contribution in [0.1, 0.15) is 30.9 Å². The van der Waals surface area contributed by atoms with Gasteiger partial charge in [0.2, 0.25) is 0 Å². The fourth-order valence-electron chi connectivity index (χ4n) is 3.38. The number of ether oxygens (including phenoxy) is 1. The minimum absolute atomic E-state index is 0.318. The quantitative estimate of drug-likeness (QED) is 0.650. The van der Waals surface area contributed by atoms with Crippen molar-refractivity contribution in [3.8, 4) is 5.75 Å². The zero-order valence-electron chi connectivity index (χ0n) is 15.8. The highest BCUT2D eigenvalue weighted by molar-refractivity contribution is 7.98. The van der Waals surface area contributed by atoms with Gasteiger partial charge in [0.05, 0.1) is 0 Å². The summed E-state index contributed by atoms with van der Waals surface area (Å²) in [5.74, 6) is -0.576. The first kappa shape index (κ1) is 20.3. The van der Waals surface area contributed by atoms with Gasteiger partial charge in [0.15, 0.2) is 6.10 Å². The Morgan fingerprint density at radius 1 is 1.32 bits per heavy atom. The Hall–Kier alpha value is -2.48. The third-order valence-corrected chi connectivity index (χ3v) is 5.50. The maximum Gasteiger partial charge on any atom is 0.339 e. The first-order valence-electron chi connectivity index (χ1n) is 9.18. The van der Waals surface area contributed by atoms with Crippen LogP contribution in [-0.4, -0.2) is 41.1 Å². The van der Waals surface area contributed by atoms with Crippen LogP contribution in [-0.2, 0) is 22.4 Å². The van der Waals surface area contributed by atoms with Crippen LogP contribution in [0.2, 0.25) is 0 Å². The van der Waals surface area contributed by atoms with E-state index in [9.17, 15) is 19.5 Å². The lowest BCUT2D eigenvalue weighted by Gasteiger charge is -2.19. The molecule has 1 aromatic heterocycles. The predicted molar refractivity (Wildman–Crippen MR) is 107 cm³/mol. The second kappa shape index (κ2) is 8.68. The van der Waals surface area contributed by atoms with E-state index in [1.807, 2.05) is 12.3 Å². The summed E-state index contributed by atoms with van der Waals surface area (Å²) in [6, 6.07) is 4.21. The molecule has 3 rings (SSSR count). The average molecular weight is 405 g/mol. The average Bonchev–Trinajstić information content (AvgIpc) is 3.15. The zero-order chi connectivity index (χ0) is 20.3. The lowest BCUT2D eigenvalue weighted by atomic mass is 10.1. The predicted octanol–water partition coefficient (Wildman–Crippen LogP) is 2.37. The fraction of sp³-hybridized carbons (Fsp3) is 0.450. The molecule has 0 bridgehead atoms. The molecule has 1 unspecified atom stereocenters. The number of amides is 1. The van der Waals surface area contributed by atoms with Crippen molar-refractivity contribution in [3.05, 3.63) is 39.7 Å². The Bertz CT molecular complexity index is 954. The van der Waals surface area contributed by atoms with E-state index in [-0.39, 0.29) is 5.63 Å². The molecule has 2 atom stereocenters. The first-order chi connectivity index (χ1) is 13.4. The van der Waals surface area contributed by atoms with Crippen LogP contribution >= 0.6 is 11.8 Å². The van der Waals surface area contributed by atoms with E-state index in [1.54, 1.807) is 19.1 Å². The number of aliphatic carboxylic acids is 1. The maximum absolute atomic E-state index is 12.3. The number of aryl methyl sites for hydroxylation is 1. The van der Waals surface area contributed by atoms with E-state index in [0.717, 1.165) is 35.8 Å². The molecule has 0 radical (unpaired) electrons. The van der Waals surface area contributed by atoms with Crippen LogP contribution in [0.4, 0.5) is 0 Å². The van der Waals surface area contributed by atoms with Crippen LogP contribution in [0.3, 0.4) is 0 Å². The molecule has 150 valence electrons. The van der Waals surface area contributed by atoms with Gasteiger partial charge in [-0.2, -0.15) is 11.8 Å². The van der Waals surface area contributed by atoms with E-state index >= 15 is 0 Å². The van der Waals surface area contributed by atoms with Gasteiger partial charge in [-0.3, -0.25) is 4.79 Å². The van der Waals surface area contributed by atoms with E-state index in [0.29, 0.717) is 23.5 Å². The summed E-state index contributed by atoms with van der Waals surface area (Å²) in [5.41, 5.74) is 1.89. The van der Waals surface area contributed by atoms with Crippen LogP contribution in [0.25, 0.3) is 11.0 Å². The number of carboxylic acids is 1. The lowest BCUT2D eigenvalue weighted by molar-refractivity contribution is -0.142. The number of hydrogen-bond donors (Lipinski definition) is 2. The number of carbonyl (C=O) groups excluding carboxylic acids is 1. The Morgan fingerprint density at radius 3 is 2.79 bits per heavy atom. The van der Waals surface area contributed by atoms with Gasteiger partial charge in [-0.05, 0) is 62.3 Å². The molecule has 0 saturated carbocycles. The Balaban J connectivity index is 1.73. The molecule has 28 heavy (non-hydrogen) atoms. The number of rotatable bonds is 8. The van der Waals surface area contributed by atoms with Crippen molar-refractivity contribution in [1.82, 2.24) is 5.32 Å². The topological polar surface area (TPSA) is 106 Å². The summed E-state index contributed by atoms with van der Waals surface area (Å²) < 4.78 is 11.1. The van der Waals surface area contributed by atoms with Crippen molar-refractivity contribution in [3.63, 3.8) is 0 Å². The van der Waals surface area contributed by atoms with E-state index in [2.05, 4.69) is 5.32 Å². The molecular weight excluding hydrogens is 382 g/mol. The molecule has 0 fully saturated rings. The summed E-state index contributed by atoms with van der Waals surface area (Å²) in [5, 5.41) is 12.6. The molecule has 2 N–H and O–H groups in total. The monoisotopic (exact) mass is 405 g/mol. The summed E-state index contributed by atoms with van der Waals surface area (Å²) in [7, 11) is 0. The van der Waals surface area contributed by atoms with Crippen molar-refractivity contribution >= 4 is 34.6 Å². The van der Waals surface area contributed by atoms with Crippen LogP contribution in [0.5, 0.6) is 5.75 Å². The number of nitrogens with one attached hydrogen (secondary N) is 1. The van der Waals surface area contributed by atoms with Gasteiger partial charge < -0.3 is 19.6 Å². The fourth-order valence-corrected chi connectivity index (χ4v) is 3.85. The molecular formula is C20H23NO6S. The van der Waals surface area contributed by atoms with Crippen molar-refractivity contribution in [2.24, 2.45) is 0 Å². The van der Waals surface area contributed by atoms with E-state index < -0.39 is 24.0 Å². The van der Waals surface area contributed by atoms with Gasteiger partial charge in [-0.25, -0.2) is 9.59 Å². The molecule has 1 aromatic carbocycles. The van der Waals surface area contributed by atoms with Gasteiger partial charge in [0, 0.05) is 17.0 Å². The molecule has 1 amide bonds. The number of carbonyl (C=O) groups is 2. The molecule has 0 spiro atoms. The van der Waals surface area contributed by atoms with Gasteiger partial charge in [0.1, 0.15) is 17.4 Å². The Kier molecular flexibility index (Phi) is 6.28. The molecule has 1 heterocycles. The SMILES string of the molecule is CSCC[C@@H](NC(=O)C(C)Oc1ccc2c3c(c(=O)oc2c1)CCC3)C(=O)O. The van der Waals surface area contributed by atoms with Gasteiger partial charge >= 0.3 is 11.6 Å². The van der Waals surface area contributed by atoms with Gasteiger partial charge in [-0.15, -0.1) is 0 Å². The molecule has 0 aliphatic heterocycles. The van der Waals surface area contributed by atoms with Crippen LogP contribution in [0, 0.1) is 0 Å². The molecule has 1 aliphatic carbocycles. The van der Waals surface area contributed by atoms with Gasteiger partial charge in [0.25, 0.3) is 5.91 Å². The standard InChI is InChI=1S/C20H23NO6S/c1-11(18(22)21-16(19(23)24)8-9-28-2)26-12-6-7-14-13-4-3-5-15(13)20(25)27-17(14)10-12/h6-7,10-11,16H,3-5,8-9H2,1-2H3,(H,21,22)(H,23,24)/t11?,16-/m1/s1. The van der Waals surface area contributed by atoms with Gasteiger partial charge in [-0.1, -0.05) is 0 Å². The minimum Gasteiger partial charge on any atom is -0.481 e. The second-order valence-electron chi connectivity index (χ2n) is 6.80. The van der Waals surface area contributed by atoms with Crippen molar-refractivity contribution in [1.29, 1.82) is 0 Å². The number of carboxylic acid groups (broad SMARTS) is 1. The smallest absolute Gasteiger partial charge is 0.339 e. The number of fused-ring (bicyclic) bond motifs is 3.